The van der Waals surface area contributed by atoms with Crippen molar-refractivity contribution in [2.24, 2.45) is 0 Å². The van der Waals surface area contributed by atoms with Gasteiger partial charge in [-0.25, -0.2) is 0 Å². The minimum Gasteiger partial charge on any atom is -0.311 e. The molecule has 0 saturated heterocycles. The number of hydrogen-bond donors (Lipinski definition) is 0. The van der Waals surface area contributed by atoms with Crippen LogP contribution in [0.2, 0.25) is 0 Å². The highest BCUT2D eigenvalue weighted by atomic mass is 15.1. The van der Waals surface area contributed by atoms with Crippen LogP contribution in [0.25, 0.3) is 72.0 Å². The monoisotopic (exact) mass is 714 g/mol. The van der Waals surface area contributed by atoms with Crippen molar-refractivity contribution >= 4 is 38.7 Å². The summed E-state index contributed by atoms with van der Waals surface area (Å²) in [6, 6.07) is 83.0. The fourth-order valence-corrected chi connectivity index (χ4v) is 8.14. The summed E-state index contributed by atoms with van der Waals surface area (Å²) in [5.74, 6) is 0. The standard InChI is InChI=1S/C54H38N2/c1-5-15-39(16-6-1)41-25-32-47(33-26-41)55(48-34-27-42(28-35-48)40-17-7-2-8-18-40)49-36-29-44(30-37-49)52-51-38-31-43-19-13-14-24-50(43)54(51)56(46-22-11-4-12-23-46)53(52)45-20-9-3-10-21-45/h1-38H. The topological polar surface area (TPSA) is 8.17 Å². The molecule has 0 unspecified atom stereocenters. The molecule has 264 valence electrons. The Labute approximate surface area is 327 Å². The lowest BCUT2D eigenvalue weighted by Gasteiger charge is -2.26. The Morgan fingerprint density at radius 1 is 0.286 bits per heavy atom. The molecule has 10 aromatic rings. The Morgan fingerprint density at radius 2 is 0.696 bits per heavy atom. The van der Waals surface area contributed by atoms with E-state index in [-0.39, 0.29) is 0 Å². The van der Waals surface area contributed by atoms with Crippen LogP contribution in [-0.4, -0.2) is 4.57 Å². The largest absolute Gasteiger partial charge is 0.311 e. The smallest absolute Gasteiger partial charge is 0.0619 e. The first-order valence-electron chi connectivity index (χ1n) is 19.2. The van der Waals surface area contributed by atoms with E-state index >= 15 is 0 Å². The summed E-state index contributed by atoms with van der Waals surface area (Å²) in [5.41, 5.74) is 15.2. The third-order valence-corrected chi connectivity index (χ3v) is 10.8. The van der Waals surface area contributed by atoms with Gasteiger partial charge in [0, 0.05) is 39.1 Å². The second-order valence-corrected chi connectivity index (χ2v) is 14.2. The SMILES string of the molecule is c1ccc(-c2ccc(N(c3ccc(-c4ccccc4)cc3)c3ccc(-c4c(-c5ccccc5)n(-c5ccccc5)c5c4ccc4ccccc45)cc3)cc2)cc1. The highest BCUT2D eigenvalue weighted by molar-refractivity contribution is 6.16. The van der Waals surface area contributed by atoms with Gasteiger partial charge in [-0.3, -0.25) is 0 Å². The van der Waals surface area contributed by atoms with Crippen LogP contribution in [0, 0.1) is 0 Å². The highest BCUT2D eigenvalue weighted by Crippen LogP contribution is 2.46. The first kappa shape index (κ1) is 33.2. The van der Waals surface area contributed by atoms with Gasteiger partial charge in [0.05, 0.1) is 11.2 Å². The molecule has 0 fully saturated rings. The van der Waals surface area contributed by atoms with E-state index in [2.05, 4.69) is 240 Å². The molecule has 0 radical (unpaired) electrons. The van der Waals surface area contributed by atoms with Gasteiger partial charge in [-0.15, -0.1) is 0 Å². The number of fused-ring (bicyclic) bond motifs is 3. The zero-order chi connectivity index (χ0) is 37.3. The molecule has 0 aliphatic heterocycles. The molecule has 0 bridgehead atoms. The van der Waals surface area contributed by atoms with Crippen molar-refractivity contribution in [1.82, 2.24) is 4.57 Å². The van der Waals surface area contributed by atoms with E-state index in [1.807, 2.05) is 0 Å². The van der Waals surface area contributed by atoms with E-state index in [0.717, 1.165) is 22.7 Å². The Kier molecular flexibility index (Phi) is 8.55. The van der Waals surface area contributed by atoms with Gasteiger partial charge < -0.3 is 9.47 Å². The van der Waals surface area contributed by atoms with Gasteiger partial charge >= 0.3 is 0 Å². The van der Waals surface area contributed by atoms with Crippen molar-refractivity contribution in [2.45, 2.75) is 0 Å². The van der Waals surface area contributed by atoms with Crippen molar-refractivity contribution in [3.63, 3.8) is 0 Å². The average molecular weight is 715 g/mol. The molecule has 56 heavy (non-hydrogen) atoms. The molecule has 0 aliphatic rings. The van der Waals surface area contributed by atoms with Gasteiger partial charge in [0.25, 0.3) is 0 Å². The predicted octanol–water partition coefficient (Wildman–Crippen LogP) is 14.9. The second kappa shape index (κ2) is 14.4. The van der Waals surface area contributed by atoms with E-state index in [1.165, 1.54) is 66.3 Å². The molecule has 1 aromatic heterocycles. The fourth-order valence-electron chi connectivity index (χ4n) is 8.14. The third-order valence-electron chi connectivity index (χ3n) is 10.8. The molecule has 2 heteroatoms. The van der Waals surface area contributed by atoms with Gasteiger partial charge in [-0.05, 0) is 87.3 Å². The summed E-state index contributed by atoms with van der Waals surface area (Å²) in [5, 5.41) is 3.69. The predicted molar refractivity (Wildman–Crippen MR) is 237 cm³/mol. The number of benzene rings is 9. The van der Waals surface area contributed by atoms with Crippen LogP contribution in [-0.2, 0) is 0 Å². The zero-order valence-corrected chi connectivity index (χ0v) is 30.8. The van der Waals surface area contributed by atoms with Crippen LogP contribution in [0.4, 0.5) is 17.1 Å². The lowest BCUT2D eigenvalue weighted by atomic mass is 9.96. The third kappa shape index (κ3) is 6.04. The van der Waals surface area contributed by atoms with Gasteiger partial charge in [-0.1, -0.05) is 182 Å². The highest BCUT2D eigenvalue weighted by Gasteiger charge is 2.23. The van der Waals surface area contributed by atoms with Crippen LogP contribution in [0.15, 0.2) is 231 Å². The maximum Gasteiger partial charge on any atom is 0.0619 e. The molecule has 9 aromatic carbocycles. The van der Waals surface area contributed by atoms with Gasteiger partial charge in [0.15, 0.2) is 0 Å². The van der Waals surface area contributed by atoms with E-state index < -0.39 is 0 Å². The summed E-state index contributed by atoms with van der Waals surface area (Å²) in [4.78, 5) is 2.35. The molecule has 0 spiro atoms. The van der Waals surface area contributed by atoms with Gasteiger partial charge in [-0.2, -0.15) is 0 Å². The summed E-state index contributed by atoms with van der Waals surface area (Å²) in [6.45, 7) is 0. The lowest BCUT2D eigenvalue weighted by Crippen LogP contribution is -2.09. The lowest BCUT2D eigenvalue weighted by molar-refractivity contribution is 1.14. The van der Waals surface area contributed by atoms with Crippen LogP contribution in [0.3, 0.4) is 0 Å². The molecule has 0 amide bonds. The van der Waals surface area contributed by atoms with Gasteiger partial charge in [0.1, 0.15) is 0 Å². The number of para-hydroxylation sites is 1. The Morgan fingerprint density at radius 3 is 1.21 bits per heavy atom. The zero-order valence-electron chi connectivity index (χ0n) is 30.8. The number of nitrogens with zero attached hydrogens (tertiary/aromatic N) is 2. The first-order valence-corrected chi connectivity index (χ1v) is 19.2. The molecule has 0 saturated carbocycles. The van der Waals surface area contributed by atoms with Crippen molar-refractivity contribution in [3.05, 3.63) is 231 Å². The van der Waals surface area contributed by atoms with E-state index in [4.69, 9.17) is 0 Å². The average Bonchev–Trinajstić information content (AvgIpc) is 3.64. The second-order valence-electron chi connectivity index (χ2n) is 14.2. The van der Waals surface area contributed by atoms with E-state index in [1.54, 1.807) is 0 Å². The molecular formula is C54H38N2. The Bertz CT molecular complexity index is 2810. The number of hydrogen-bond acceptors (Lipinski definition) is 1. The number of anilines is 3. The minimum absolute atomic E-state index is 1.09. The normalized spacial score (nSPS) is 11.2. The molecule has 2 nitrogen and oxygen atoms in total. The molecule has 0 atom stereocenters. The quantitative estimate of drug-likeness (QED) is 0.152. The molecule has 1 heterocycles. The van der Waals surface area contributed by atoms with Crippen LogP contribution < -0.4 is 4.90 Å². The molecular weight excluding hydrogens is 677 g/mol. The molecule has 0 N–H and O–H groups in total. The number of aromatic nitrogens is 1. The first-order chi connectivity index (χ1) is 27.8. The summed E-state index contributed by atoms with van der Waals surface area (Å²) >= 11 is 0. The maximum absolute atomic E-state index is 2.46. The van der Waals surface area contributed by atoms with Crippen LogP contribution >= 0.6 is 0 Å². The van der Waals surface area contributed by atoms with Gasteiger partial charge in [0.2, 0.25) is 0 Å². The fraction of sp³-hybridized carbons (Fsp3) is 0. The Hall–Kier alpha value is -7.42. The van der Waals surface area contributed by atoms with E-state index in [9.17, 15) is 0 Å². The van der Waals surface area contributed by atoms with Crippen molar-refractivity contribution in [3.8, 4) is 50.3 Å². The van der Waals surface area contributed by atoms with Crippen molar-refractivity contribution in [1.29, 1.82) is 0 Å². The van der Waals surface area contributed by atoms with Crippen molar-refractivity contribution in [2.75, 3.05) is 4.90 Å². The maximum atomic E-state index is 2.46. The summed E-state index contributed by atoms with van der Waals surface area (Å²) < 4.78 is 2.46. The Balaban J connectivity index is 1.14. The van der Waals surface area contributed by atoms with Crippen molar-refractivity contribution < 1.29 is 0 Å². The summed E-state index contributed by atoms with van der Waals surface area (Å²) in [6.07, 6.45) is 0. The molecule has 10 rings (SSSR count). The van der Waals surface area contributed by atoms with E-state index in [0.29, 0.717) is 0 Å². The minimum atomic E-state index is 1.09. The van der Waals surface area contributed by atoms with Crippen LogP contribution in [0.1, 0.15) is 0 Å². The van der Waals surface area contributed by atoms with Crippen LogP contribution in [0.5, 0.6) is 0 Å². The summed E-state index contributed by atoms with van der Waals surface area (Å²) in [7, 11) is 0. The number of rotatable bonds is 8. The molecule has 0 aliphatic carbocycles.